The minimum atomic E-state index is -0.775. The standard InChI is InChI=1S/C18H28O3/c19-18(20)16-17-14-12-10-8-6-4-2-1-3-5-7-9-11-13-15-21-17/h2-5,8,10,17H,1,6-7,9,11-16H2,(H,19,20)/b4-2-,5-3+,10-8+. The molecular weight excluding hydrogens is 264 g/mol. The SMILES string of the molecule is O=C(O)CC1CC/C=C/C/C=C\C/C=C/CCCCCO1. The van der Waals surface area contributed by atoms with Crippen LogP contribution in [0, 0.1) is 0 Å². The van der Waals surface area contributed by atoms with E-state index in [2.05, 4.69) is 36.5 Å². The van der Waals surface area contributed by atoms with Crippen molar-refractivity contribution in [2.24, 2.45) is 0 Å². The minimum absolute atomic E-state index is 0.108. The van der Waals surface area contributed by atoms with Crippen LogP contribution in [0.2, 0.25) is 0 Å². The van der Waals surface area contributed by atoms with Crippen molar-refractivity contribution < 1.29 is 14.6 Å². The van der Waals surface area contributed by atoms with E-state index in [0.29, 0.717) is 6.61 Å². The van der Waals surface area contributed by atoms with E-state index in [1.165, 1.54) is 6.42 Å². The average molecular weight is 292 g/mol. The third-order valence-corrected chi connectivity index (χ3v) is 3.47. The lowest BCUT2D eigenvalue weighted by atomic mass is 10.1. The van der Waals surface area contributed by atoms with Gasteiger partial charge in [0.2, 0.25) is 0 Å². The van der Waals surface area contributed by atoms with Crippen LogP contribution in [0.15, 0.2) is 36.5 Å². The molecule has 0 saturated heterocycles. The molecule has 118 valence electrons. The van der Waals surface area contributed by atoms with Crippen LogP contribution in [0.4, 0.5) is 0 Å². The number of allylic oxidation sites excluding steroid dienone is 6. The van der Waals surface area contributed by atoms with Gasteiger partial charge in [0, 0.05) is 6.61 Å². The fourth-order valence-electron chi connectivity index (χ4n) is 2.29. The highest BCUT2D eigenvalue weighted by Crippen LogP contribution is 2.11. The molecule has 0 aromatic heterocycles. The van der Waals surface area contributed by atoms with Gasteiger partial charge in [0.25, 0.3) is 0 Å². The van der Waals surface area contributed by atoms with Crippen LogP contribution in [0.1, 0.15) is 57.8 Å². The molecule has 21 heavy (non-hydrogen) atoms. The van der Waals surface area contributed by atoms with E-state index in [1.54, 1.807) is 0 Å². The molecule has 0 aromatic rings. The highest BCUT2D eigenvalue weighted by atomic mass is 16.5. The van der Waals surface area contributed by atoms with Gasteiger partial charge in [-0.15, -0.1) is 0 Å². The van der Waals surface area contributed by atoms with Crippen molar-refractivity contribution in [3.63, 3.8) is 0 Å². The molecular formula is C18H28O3. The first kappa shape index (κ1) is 17.7. The topological polar surface area (TPSA) is 46.5 Å². The number of aliphatic carboxylic acids is 1. The lowest BCUT2D eigenvalue weighted by Crippen LogP contribution is -2.18. The van der Waals surface area contributed by atoms with Crippen LogP contribution in [0.5, 0.6) is 0 Å². The van der Waals surface area contributed by atoms with Crippen molar-refractivity contribution in [2.75, 3.05) is 6.61 Å². The van der Waals surface area contributed by atoms with E-state index in [4.69, 9.17) is 9.84 Å². The van der Waals surface area contributed by atoms with E-state index in [1.807, 2.05) is 0 Å². The van der Waals surface area contributed by atoms with Crippen LogP contribution in [0.25, 0.3) is 0 Å². The molecule has 0 radical (unpaired) electrons. The maximum absolute atomic E-state index is 10.8. The van der Waals surface area contributed by atoms with Crippen molar-refractivity contribution in [2.45, 2.75) is 63.9 Å². The van der Waals surface area contributed by atoms with Gasteiger partial charge in [-0.3, -0.25) is 4.79 Å². The Bertz CT molecular complexity index is 355. The summed E-state index contributed by atoms with van der Waals surface area (Å²) in [6.07, 6.45) is 21.1. The Morgan fingerprint density at radius 1 is 0.952 bits per heavy atom. The molecule has 0 saturated carbocycles. The average Bonchev–Trinajstić information content (AvgIpc) is 2.45. The highest BCUT2D eigenvalue weighted by molar-refractivity contribution is 5.67. The predicted molar refractivity (Wildman–Crippen MR) is 86.3 cm³/mol. The quantitative estimate of drug-likeness (QED) is 0.754. The number of hydrogen-bond acceptors (Lipinski definition) is 2. The predicted octanol–water partition coefficient (Wildman–Crippen LogP) is 4.65. The Morgan fingerprint density at radius 2 is 1.62 bits per heavy atom. The lowest BCUT2D eigenvalue weighted by Gasteiger charge is -2.15. The Labute approximate surface area is 128 Å². The van der Waals surface area contributed by atoms with E-state index in [0.717, 1.165) is 44.9 Å². The van der Waals surface area contributed by atoms with Gasteiger partial charge in [0.1, 0.15) is 0 Å². The van der Waals surface area contributed by atoms with Gasteiger partial charge in [-0.05, 0) is 44.9 Å². The van der Waals surface area contributed by atoms with Gasteiger partial charge in [-0.2, -0.15) is 0 Å². The first-order valence-electron chi connectivity index (χ1n) is 8.07. The van der Waals surface area contributed by atoms with Crippen LogP contribution < -0.4 is 0 Å². The number of carboxylic acid groups (broad SMARTS) is 1. The molecule has 0 aromatic carbocycles. The number of hydrogen-bond donors (Lipinski definition) is 1. The van der Waals surface area contributed by atoms with Crippen molar-refractivity contribution in [3.8, 4) is 0 Å². The molecule has 1 rings (SSSR count). The Balaban J connectivity index is 2.42. The highest BCUT2D eigenvalue weighted by Gasteiger charge is 2.12. The largest absolute Gasteiger partial charge is 0.481 e. The summed E-state index contributed by atoms with van der Waals surface area (Å²) in [7, 11) is 0. The molecule has 1 heterocycles. The van der Waals surface area contributed by atoms with Crippen molar-refractivity contribution in [1.82, 2.24) is 0 Å². The third-order valence-electron chi connectivity index (χ3n) is 3.47. The zero-order valence-electron chi connectivity index (χ0n) is 12.9. The summed E-state index contributed by atoms with van der Waals surface area (Å²) in [6, 6.07) is 0. The van der Waals surface area contributed by atoms with Gasteiger partial charge in [0.15, 0.2) is 0 Å². The van der Waals surface area contributed by atoms with E-state index < -0.39 is 5.97 Å². The summed E-state index contributed by atoms with van der Waals surface area (Å²) in [4.78, 5) is 10.8. The summed E-state index contributed by atoms with van der Waals surface area (Å²) in [5.41, 5.74) is 0. The van der Waals surface area contributed by atoms with Crippen molar-refractivity contribution in [3.05, 3.63) is 36.5 Å². The molecule has 0 aliphatic carbocycles. The van der Waals surface area contributed by atoms with Gasteiger partial charge in [-0.1, -0.05) is 42.9 Å². The summed E-state index contributed by atoms with van der Waals surface area (Å²) >= 11 is 0. The molecule has 0 fully saturated rings. The minimum Gasteiger partial charge on any atom is -0.481 e. The lowest BCUT2D eigenvalue weighted by molar-refractivity contribution is -0.140. The molecule has 0 spiro atoms. The van der Waals surface area contributed by atoms with Crippen LogP contribution >= 0.6 is 0 Å². The molecule has 1 aliphatic heterocycles. The molecule has 0 bridgehead atoms. The van der Waals surface area contributed by atoms with Gasteiger partial charge in [0.05, 0.1) is 12.5 Å². The summed E-state index contributed by atoms with van der Waals surface area (Å²) in [5, 5.41) is 8.92. The summed E-state index contributed by atoms with van der Waals surface area (Å²) < 4.78 is 5.73. The summed E-state index contributed by atoms with van der Waals surface area (Å²) in [6.45, 7) is 0.674. The van der Waals surface area contributed by atoms with Crippen LogP contribution in [-0.4, -0.2) is 23.8 Å². The van der Waals surface area contributed by atoms with E-state index in [9.17, 15) is 4.79 Å². The van der Waals surface area contributed by atoms with Crippen molar-refractivity contribution >= 4 is 5.97 Å². The van der Waals surface area contributed by atoms with Crippen molar-refractivity contribution in [1.29, 1.82) is 0 Å². The maximum Gasteiger partial charge on any atom is 0.305 e. The van der Waals surface area contributed by atoms with Gasteiger partial charge in [-0.25, -0.2) is 0 Å². The second-order valence-electron chi connectivity index (χ2n) is 5.40. The van der Waals surface area contributed by atoms with E-state index >= 15 is 0 Å². The van der Waals surface area contributed by atoms with E-state index in [-0.39, 0.29) is 12.5 Å². The third kappa shape index (κ3) is 11.0. The first-order valence-corrected chi connectivity index (χ1v) is 8.07. The van der Waals surface area contributed by atoms with Gasteiger partial charge < -0.3 is 9.84 Å². The van der Waals surface area contributed by atoms with Gasteiger partial charge >= 0.3 is 5.97 Å². The molecule has 3 nitrogen and oxygen atoms in total. The molecule has 1 N–H and O–H groups in total. The molecule has 1 atom stereocenters. The Kier molecular flexibility index (Phi) is 10.4. The molecule has 3 heteroatoms. The zero-order valence-corrected chi connectivity index (χ0v) is 12.9. The molecule has 1 aliphatic rings. The zero-order chi connectivity index (χ0) is 15.2. The fourth-order valence-corrected chi connectivity index (χ4v) is 2.29. The second-order valence-corrected chi connectivity index (χ2v) is 5.40. The Hall–Kier alpha value is -1.35. The fraction of sp³-hybridized carbons (Fsp3) is 0.611. The van der Waals surface area contributed by atoms with Crippen LogP contribution in [0.3, 0.4) is 0 Å². The molecule has 1 unspecified atom stereocenters. The Morgan fingerprint density at radius 3 is 2.33 bits per heavy atom. The smallest absolute Gasteiger partial charge is 0.305 e. The maximum atomic E-state index is 10.8. The normalized spacial score (nSPS) is 27.3. The van der Waals surface area contributed by atoms with Crippen LogP contribution in [-0.2, 0) is 9.53 Å². The second kappa shape index (κ2) is 12.4. The summed E-state index contributed by atoms with van der Waals surface area (Å²) in [5.74, 6) is -0.775. The number of carbonyl (C=O) groups is 1. The number of carboxylic acids is 1. The number of rotatable bonds is 2. The monoisotopic (exact) mass is 292 g/mol. The molecule has 0 amide bonds. The first-order chi connectivity index (χ1) is 10.3. The number of ether oxygens (including phenoxy) is 1.